The van der Waals surface area contributed by atoms with E-state index in [0.29, 0.717) is 11.4 Å². The highest BCUT2D eigenvalue weighted by atomic mass is 16.5. The first-order chi connectivity index (χ1) is 13.7. The van der Waals surface area contributed by atoms with Crippen molar-refractivity contribution in [2.24, 2.45) is 7.05 Å². The lowest BCUT2D eigenvalue weighted by Gasteiger charge is -2.07. The zero-order valence-corrected chi connectivity index (χ0v) is 17.8. The van der Waals surface area contributed by atoms with Crippen LogP contribution in [0.4, 0.5) is 5.69 Å². The molecule has 2 aromatic rings. The second-order valence-corrected chi connectivity index (χ2v) is 6.94. The molecule has 1 N–H and O–H groups in total. The van der Waals surface area contributed by atoms with Gasteiger partial charge in [0, 0.05) is 25.0 Å². The fraction of sp³-hybridized carbons (Fsp3) is 0.429. The van der Waals surface area contributed by atoms with Crippen molar-refractivity contribution in [1.29, 1.82) is 5.26 Å². The molecule has 0 aliphatic heterocycles. The van der Waals surface area contributed by atoms with Crippen molar-refractivity contribution in [1.82, 2.24) is 14.3 Å². The Labute approximate surface area is 170 Å². The summed E-state index contributed by atoms with van der Waals surface area (Å²) in [6, 6.07) is 3.79. The van der Waals surface area contributed by atoms with Gasteiger partial charge in [-0.1, -0.05) is 6.92 Å². The van der Waals surface area contributed by atoms with Crippen molar-refractivity contribution < 1.29 is 14.3 Å². The molecule has 8 heteroatoms. The van der Waals surface area contributed by atoms with Crippen LogP contribution in [0.2, 0.25) is 0 Å². The number of aryl methyl sites for hydroxylation is 3. The largest absolute Gasteiger partial charge is 0.451 e. The number of nitrogens with zero attached hydrogens (tertiary/aromatic N) is 4. The average molecular weight is 397 g/mol. The van der Waals surface area contributed by atoms with E-state index in [-0.39, 0.29) is 5.57 Å². The highest BCUT2D eigenvalue weighted by Crippen LogP contribution is 2.20. The number of hydrogen-bond donors (Lipinski definition) is 1. The molecule has 154 valence electrons. The summed E-state index contributed by atoms with van der Waals surface area (Å²) < 4.78 is 8.83. The molecule has 0 saturated carbocycles. The Balaban J connectivity index is 2.07. The van der Waals surface area contributed by atoms with E-state index in [2.05, 4.69) is 21.9 Å². The predicted molar refractivity (Wildman–Crippen MR) is 110 cm³/mol. The van der Waals surface area contributed by atoms with Crippen LogP contribution >= 0.6 is 0 Å². The summed E-state index contributed by atoms with van der Waals surface area (Å²) in [5, 5.41) is 16.3. The molecule has 0 radical (unpaired) electrons. The lowest BCUT2D eigenvalue weighted by molar-refractivity contribution is -0.142. The minimum Gasteiger partial charge on any atom is -0.451 e. The number of carbonyl (C=O) groups excluding carboxylic acids is 2. The van der Waals surface area contributed by atoms with Crippen LogP contribution in [0.1, 0.15) is 41.7 Å². The Kier molecular flexibility index (Phi) is 6.99. The summed E-state index contributed by atoms with van der Waals surface area (Å²) in [6.07, 6.45) is 2.49. The number of aromatic nitrogens is 3. The molecule has 0 atom stereocenters. The Bertz CT molecular complexity index is 1000. The van der Waals surface area contributed by atoms with Gasteiger partial charge in [-0.3, -0.25) is 9.48 Å². The summed E-state index contributed by atoms with van der Waals surface area (Å²) in [6.45, 7) is 10.0. The number of esters is 1. The van der Waals surface area contributed by atoms with E-state index in [4.69, 9.17) is 4.74 Å². The van der Waals surface area contributed by atoms with Crippen LogP contribution in [0.5, 0.6) is 0 Å². The van der Waals surface area contributed by atoms with Gasteiger partial charge in [0.15, 0.2) is 6.61 Å². The zero-order chi connectivity index (χ0) is 21.7. The molecule has 0 aliphatic rings. The van der Waals surface area contributed by atoms with E-state index in [1.165, 1.54) is 6.08 Å². The molecular formula is C21H27N5O3. The maximum Gasteiger partial charge on any atom is 0.349 e. The van der Waals surface area contributed by atoms with Gasteiger partial charge in [-0.2, -0.15) is 10.4 Å². The monoisotopic (exact) mass is 397 g/mol. The second-order valence-electron chi connectivity index (χ2n) is 6.94. The van der Waals surface area contributed by atoms with Crippen LogP contribution in [0.15, 0.2) is 11.6 Å². The molecule has 0 spiro atoms. The third-order valence-electron chi connectivity index (χ3n) is 4.81. The lowest BCUT2D eigenvalue weighted by Crippen LogP contribution is -2.22. The zero-order valence-electron chi connectivity index (χ0n) is 17.8. The highest BCUT2D eigenvalue weighted by molar-refractivity contribution is 6.00. The van der Waals surface area contributed by atoms with Crippen molar-refractivity contribution in [2.45, 2.75) is 47.6 Å². The Morgan fingerprint density at radius 1 is 1.28 bits per heavy atom. The molecule has 0 unspecified atom stereocenters. The van der Waals surface area contributed by atoms with Gasteiger partial charge < -0.3 is 14.6 Å². The third-order valence-corrected chi connectivity index (χ3v) is 4.81. The second kappa shape index (κ2) is 9.24. The standard InChI is InChI=1S/C21H27N5O3/c1-7-8-26-13(2)9-17(15(26)4)10-18(11-22)21(28)29-12-19(27)23-20-14(3)24-25(6)16(20)5/h9-10H,7-8,12H2,1-6H3,(H,23,27)/b18-10+. The molecule has 0 aromatic carbocycles. The minimum absolute atomic E-state index is 0.150. The van der Waals surface area contributed by atoms with Gasteiger partial charge in [0.25, 0.3) is 5.91 Å². The van der Waals surface area contributed by atoms with Gasteiger partial charge in [-0.15, -0.1) is 0 Å². The molecule has 2 heterocycles. The smallest absolute Gasteiger partial charge is 0.349 e. The van der Waals surface area contributed by atoms with E-state index >= 15 is 0 Å². The first kappa shape index (κ1) is 22.0. The van der Waals surface area contributed by atoms with E-state index < -0.39 is 18.5 Å². The molecule has 29 heavy (non-hydrogen) atoms. The number of anilines is 1. The summed E-state index contributed by atoms with van der Waals surface area (Å²) >= 11 is 0. The van der Waals surface area contributed by atoms with Crippen LogP contribution in [-0.2, 0) is 27.9 Å². The normalized spacial score (nSPS) is 11.3. The quantitative estimate of drug-likeness (QED) is 0.440. The van der Waals surface area contributed by atoms with Crippen LogP contribution in [0, 0.1) is 39.0 Å². The van der Waals surface area contributed by atoms with Crippen molar-refractivity contribution >= 4 is 23.6 Å². The van der Waals surface area contributed by atoms with Crippen molar-refractivity contribution in [2.75, 3.05) is 11.9 Å². The lowest BCUT2D eigenvalue weighted by atomic mass is 10.1. The molecule has 2 aromatic heterocycles. The molecule has 8 nitrogen and oxygen atoms in total. The van der Waals surface area contributed by atoms with Crippen LogP contribution in [-0.4, -0.2) is 32.8 Å². The van der Waals surface area contributed by atoms with Crippen molar-refractivity contribution in [3.05, 3.63) is 40.0 Å². The molecule has 0 saturated heterocycles. The third kappa shape index (κ3) is 4.93. The van der Waals surface area contributed by atoms with Crippen molar-refractivity contribution in [3.8, 4) is 6.07 Å². The van der Waals surface area contributed by atoms with E-state index in [1.54, 1.807) is 18.7 Å². The highest BCUT2D eigenvalue weighted by Gasteiger charge is 2.17. The average Bonchev–Trinajstić information content (AvgIpc) is 3.08. The van der Waals surface area contributed by atoms with E-state index in [1.807, 2.05) is 32.9 Å². The van der Waals surface area contributed by atoms with Crippen LogP contribution in [0.25, 0.3) is 6.08 Å². The summed E-state index contributed by atoms with van der Waals surface area (Å²) in [4.78, 5) is 24.4. The number of rotatable bonds is 7. The fourth-order valence-corrected chi connectivity index (χ4v) is 3.17. The van der Waals surface area contributed by atoms with Crippen molar-refractivity contribution in [3.63, 3.8) is 0 Å². The Morgan fingerprint density at radius 3 is 2.52 bits per heavy atom. The number of ether oxygens (including phenoxy) is 1. The molecule has 1 amide bonds. The van der Waals surface area contributed by atoms with Gasteiger partial charge in [0.05, 0.1) is 17.1 Å². The Morgan fingerprint density at radius 2 is 1.97 bits per heavy atom. The number of hydrogen-bond acceptors (Lipinski definition) is 5. The number of nitriles is 1. The minimum atomic E-state index is -0.831. The maximum absolute atomic E-state index is 12.3. The fourth-order valence-electron chi connectivity index (χ4n) is 3.17. The summed E-state index contributed by atoms with van der Waals surface area (Å²) in [5.41, 5.74) is 4.73. The predicted octanol–water partition coefficient (Wildman–Crippen LogP) is 2.95. The molecule has 2 rings (SSSR count). The molecule has 0 fully saturated rings. The molecular weight excluding hydrogens is 370 g/mol. The van der Waals surface area contributed by atoms with E-state index in [0.717, 1.165) is 35.6 Å². The van der Waals surface area contributed by atoms with Crippen LogP contribution < -0.4 is 5.32 Å². The van der Waals surface area contributed by atoms with Crippen LogP contribution in [0.3, 0.4) is 0 Å². The number of amides is 1. The first-order valence-electron chi connectivity index (χ1n) is 9.45. The molecule has 0 bridgehead atoms. The van der Waals surface area contributed by atoms with Gasteiger partial charge in [-0.05, 0) is 51.8 Å². The van der Waals surface area contributed by atoms with E-state index in [9.17, 15) is 14.9 Å². The summed E-state index contributed by atoms with van der Waals surface area (Å²) in [5.74, 6) is -1.32. The van der Waals surface area contributed by atoms with Gasteiger partial charge in [0.1, 0.15) is 11.6 Å². The SMILES string of the molecule is CCCn1c(C)cc(/C=C(\C#N)C(=O)OCC(=O)Nc2c(C)nn(C)c2C)c1C. The topological polar surface area (TPSA) is 102 Å². The Hall–Kier alpha value is -3.34. The van der Waals surface area contributed by atoms with Gasteiger partial charge in [0.2, 0.25) is 0 Å². The summed E-state index contributed by atoms with van der Waals surface area (Å²) in [7, 11) is 1.78. The first-order valence-corrected chi connectivity index (χ1v) is 9.45. The maximum atomic E-state index is 12.3. The molecule has 0 aliphatic carbocycles. The van der Waals surface area contributed by atoms with Gasteiger partial charge >= 0.3 is 5.97 Å². The number of nitrogens with one attached hydrogen (secondary N) is 1. The van der Waals surface area contributed by atoms with Gasteiger partial charge in [-0.25, -0.2) is 4.79 Å². The number of carbonyl (C=O) groups is 2.